The Morgan fingerprint density at radius 1 is 0.688 bits per heavy atom. The van der Waals surface area contributed by atoms with Crippen LogP contribution in [0.25, 0.3) is 0 Å². The number of unbranched alkanes of at least 4 members (excludes halogenated alkanes) is 3. The molecule has 0 fully saturated rings. The largest absolute Gasteiger partial charge is 0.479 e. The van der Waals surface area contributed by atoms with Crippen molar-refractivity contribution in [3.05, 3.63) is 58.6 Å². The number of aliphatic imine (C=N–C) groups is 4. The number of hydrogen-bond acceptors (Lipinski definition) is 9. The van der Waals surface area contributed by atoms with E-state index in [2.05, 4.69) is 30.6 Å². The molecule has 2 aromatic rings. The van der Waals surface area contributed by atoms with Crippen molar-refractivity contribution in [2.24, 2.45) is 42.9 Å². The van der Waals surface area contributed by atoms with Crippen LogP contribution in [0.2, 0.25) is 10.0 Å². The summed E-state index contributed by atoms with van der Waals surface area (Å²) in [6, 6.07) is 14.1. The maximum Gasteiger partial charge on any atom is 0.335 e. The Bertz CT molecular complexity index is 1260. The summed E-state index contributed by atoms with van der Waals surface area (Å²) in [7, 11) is 0. The molecule has 0 aliphatic rings. The van der Waals surface area contributed by atoms with Gasteiger partial charge in [-0.15, -0.1) is 0 Å². The lowest BCUT2D eigenvalue weighted by atomic mass is 10.0. The Hall–Kier alpha value is -4.27. The first-order valence-corrected chi connectivity index (χ1v) is 14.9. The van der Waals surface area contributed by atoms with Gasteiger partial charge in [-0.25, -0.2) is 4.79 Å². The van der Waals surface area contributed by atoms with Crippen LogP contribution in [-0.2, 0) is 4.79 Å². The van der Waals surface area contributed by atoms with E-state index in [9.17, 15) is 4.79 Å². The number of halogens is 2. The second-order valence-electron chi connectivity index (χ2n) is 9.67. The zero-order valence-corrected chi connectivity index (χ0v) is 27.5. The SMILES string of the molecule is N.NC(=NCCCCCCN=C(N)N=C(N)Nc1ccc(Cl)cc1)N=C(N)Nc1ccc(Cl)cc1.O=C(O)[C@H](O)[C@@H](O)[C@H](O)[C@H](O)CO. The zero-order valence-electron chi connectivity index (χ0n) is 26.0. The molecule has 0 saturated heterocycles. The van der Waals surface area contributed by atoms with Gasteiger partial charge in [0.25, 0.3) is 0 Å². The lowest BCUT2D eigenvalue weighted by Crippen LogP contribution is -2.48. The highest BCUT2D eigenvalue weighted by Gasteiger charge is 2.33. The van der Waals surface area contributed by atoms with E-state index in [0.29, 0.717) is 23.1 Å². The molecule has 0 spiro atoms. The van der Waals surface area contributed by atoms with Crippen molar-refractivity contribution < 1.29 is 35.4 Å². The van der Waals surface area contributed by atoms with Crippen LogP contribution in [0.1, 0.15) is 25.7 Å². The maximum atomic E-state index is 10.1. The van der Waals surface area contributed by atoms with Crippen LogP contribution < -0.4 is 39.7 Å². The molecule has 0 aromatic heterocycles. The second-order valence-corrected chi connectivity index (χ2v) is 10.5. The fraction of sp³-hybridized carbons (Fsp3) is 0.393. The molecule has 48 heavy (non-hydrogen) atoms. The van der Waals surface area contributed by atoms with Crippen LogP contribution >= 0.6 is 23.2 Å². The van der Waals surface area contributed by atoms with Crippen LogP contribution in [0, 0.1) is 0 Å². The predicted octanol–water partition coefficient (Wildman–Crippen LogP) is 0.00550. The quantitative estimate of drug-likeness (QED) is 0.0695. The van der Waals surface area contributed by atoms with E-state index in [0.717, 1.165) is 37.1 Å². The van der Waals surface area contributed by atoms with Gasteiger partial charge in [-0.2, -0.15) is 9.98 Å². The molecule has 18 nitrogen and oxygen atoms in total. The lowest BCUT2D eigenvalue weighted by molar-refractivity contribution is -0.164. The highest BCUT2D eigenvalue weighted by molar-refractivity contribution is 6.31. The van der Waals surface area contributed by atoms with Gasteiger partial charge in [0.15, 0.2) is 6.10 Å². The molecule has 20 heteroatoms. The third-order valence-electron chi connectivity index (χ3n) is 5.82. The minimum atomic E-state index is -2.20. The first-order valence-electron chi connectivity index (χ1n) is 14.1. The van der Waals surface area contributed by atoms with Gasteiger partial charge in [0.1, 0.15) is 18.3 Å². The Balaban J connectivity index is 0.00000134. The number of carboxylic acid groups (broad SMARTS) is 1. The molecule has 0 heterocycles. The van der Waals surface area contributed by atoms with Gasteiger partial charge in [-0.05, 0) is 61.4 Å². The minimum absolute atomic E-state index is 0. The Morgan fingerprint density at radius 3 is 1.40 bits per heavy atom. The van der Waals surface area contributed by atoms with Crippen LogP contribution in [0.5, 0.6) is 0 Å². The number of carboxylic acids is 1. The van der Waals surface area contributed by atoms with E-state index in [-0.39, 0.29) is 30.0 Å². The number of carbonyl (C=O) groups is 1. The number of aliphatic hydroxyl groups excluding tert-OH is 5. The number of anilines is 2. The van der Waals surface area contributed by atoms with Crippen LogP contribution in [0.15, 0.2) is 68.5 Å². The van der Waals surface area contributed by atoms with Crippen LogP contribution in [0.3, 0.4) is 0 Å². The molecule has 0 unspecified atom stereocenters. The third-order valence-corrected chi connectivity index (χ3v) is 6.33. The van der Waals surface area contributed by atoms with E-state index in [1.54, 1.807) is 48.5 Å². The number of nitrogens with one attached hydrogen (secondary N) is 2. The Labute approximate surface area is 287 Å². The topological polar surface area (TPSA) is 351 Å². The normalized spacial score (nSPS) is 14.8. The molecular weight excluding hydrogens is 673 g/mol. The summed E-state index contributed by atoms with van der Waals surface area (Å²) in [5.74, 6) is -1.16. The summed E-state index contributed by atoms with van der Waals surface area (Å²) >= 11 is 11.7. The number of rotatable bonds is 14. The number of nitrogens with two attached hydrogens (primary N) is 4. The molecule has 4 atom stereocenters. The van der Waals surface area contributed by atoms with Gasteiger partial charge in [0.2, 0.25) is 23.8 Å². The maximum absolute atomic E-state index is 10.1. The van der Waals surface area contributed by atoms with E-state index in [1.165, 1.54) is 0 Å². The zero-order chi connectivity index (χ0) is 35.4. The minimum Gasteiger partial charge on any atom is -0.479 e. The fourth-order valence-corrected chi connectivity index (χ4v) is 3.62. The van der Waals surface area contributed by atoms with Crippen molar-refractivity contribution in [3.8, 4) is 0 Å². The molecule has 2 aromatic carbocycles. The Kier molecular flexibility index (Phi) is 21.8. The smallest absolute Gasteiger partial charge is 0.335 e. The fourth-order valence-electron chi connectivity index (χ4n) is 3.37. The molecule has 0 bridgehead atoms. The summed E-state index contributed by atoms with van der Waals surface area (Å²) in [5, 5.41) is 58.9. The number of aliphatic carboxylic acids is 1. The summed E-state index contributed by atoms with van der Waals surface area (Å²) in [6.07, 6.45) is -4.15. The van der Waals surface area contributed by atoms with E-state index in [1.807, 2.05) is 0 Å². The van der Waals surface area contributed by atoms with Gasteiger partial charge >= 0.3 is 5.97 Å². The standard InChI is InChI=1S/C22H30Cl2N10.C6H12O7.H3N/c23-15-5-9-17(10-6-15)31-21(27)33-19(25)29-13-3-1-2-4-14-30-20(26)34-22(28)32-18-11-7-16(24)8-12-18;7-1-2(8)3(9)4(10)5(11)6(12)13;/h5-12H,1-4,13-14H2,(H5,25,27,29,31,33)(H5,26,28,30,32,34);2-5,7-11H,1H2,(H,12,13);1H3/t;2-,3-,4+,5-;/m.1./s1. The third kappa shape index (κ3) is 18.8. The highest BCUT2D eigenvalue weighted by atomic mass is 35.5. The molecule has 0 saturated carbocycles. The summed E-state index contributed by atoms with van der Waals surface area (Å²) in [5.41, 5.74) is 24.8. The van der Waals surface area contributed by atoms with Gasteiger partial charge in [-0.1, -0.05) is 36.0 Å². The summed E-state index contributed by atoms with van der Waals surface area (Å²) in [4.78, 5) is 26.6. The molecule has 0 amide bonds. The first kappa shape index (κ1) is 43.7. The van der Waals surface area contributed by atoms with Crippen molar-refractivity contribution in [2.45, 2.75) is 50.1 Å². The highest BCUT2D eigenvalue weighted by Crippen LogP contribution is 2.14. The lowest BCUT2D eigenvalue weighted by Gasteiger charge is -2.23. The van der Waals surface area contributed by atoms with Gasteiger partial charge in [0, 0.05) is 34.5 Å². The van der Waals surface area contributed by atoms with E-state index >= 15 is 0 Å². The van der Waals surface area contributed by atoms with Crippen molar-refractivity contribution >= 4 is 64.4 Å². The second kappa shape index (κ2) is 24.0. The average Bonchev–Trinajstić information content (AvgIpc) is 3.03. The van der Waals surface area contributed by atoms with Crippen LogP contribution in [0.4, 0.5) is 11.4 Å². The number of hydrogen-bond donors (Lipinski definition) is 13. The van der Waals surface area contributed by atoms with Crippen molar-refractivity contribution in [2.75, 3.05) is 30.3 Å². The molecule has 268 valence electrons. The number of aliphatic hydroxyl groups is 5. The molecule has 2 rings (SSSR count). The number of benzene rings is 2. The Morgan fingerprint density at radius 2 is 1.06 bits per heavy atom. The molecule has 0 aliphatic carbocycles. The van der Waals surface area contributed by atoms with Gasteiger partial charge < -0.3 is 70.4 Å². The predicted molar refractivity (Wildman–Crippen MR) is 189 cm³/mol. The summed E-state index contributed by atoms with van der Waals surface area (Å²) in [6.45, 7) is 0.281. The van der Waals surface area contributed by atoms with Crippen LogP contribution in [-0.4, -0.2) is 105 Å². The van der Waals surface area contributed by atoms with E-state index in [4.69, 9.17) is 76.8 Å². The molecular formula is C28H45Cl2N11O7. The number of nitrogens with zero attached hydrogens (tertiary/aromatic N) is 4. The molecule has 0 aliphatic heterocycles. The van der Waals surface area contributed by atoms with E-state index < -0.39 is 37.0 Å². The van der Waals surface area contributed by atoms with Crippen molar-refractivity contribution in [1.29, 1.82) is 0 Å². The van der Waals surface area contributed by atoms with Crippen molar-refractivity contribution in [3.63, 3.8) is 0 Å². The monoisotopic (exact) mass is 717 g/mol. The van der Waals surface area contributed by atoms with Gasteiger partial charge in [-0.3, -0.25) is 9.98 Å². The number of guanidine groups is 4. The summed E-state index contributed by atoms with van der Waals surface area (Å²) < 4.78 is 0. The molecule has 19 N–H and O–H groups in total. The first-order chi connectivity index (χ1) is 22.2. The molecule has 0 radical (unpaired) electrons. The van der Waals surface area contributed by atoms with Gasteiger partial charge in [0.05, 0.1) is 6.61 Å². The van der Waals surface area contributed by atoms with Crippen molar-refractivity contribution in [1.82, 2.24) is 6.15 Å². The average molecular weight is 719 g/mol.